The predicted molar refractivity (Wildman–Crippen MR) is 71.2 cm³/mol. The number of oxazole rings is 1. The largest absolute Gasteiger partial charge is 0.440 e. The molecule has 1 heterocycles. The van der Waals surface area contributed by atoms with Gasteiger partial charge in [0.25, 0.3) is 5.22 Å². The van der Waals surface area contributed by atoms with Gasteiger partial charge in [-0.1, -0.05) is 25.6 Å². The van der Waals surface area contributed by atoms with Gasteiger partial charge in [0.1, 0.15) is 6.26 Å². The lowest BCUT2D eigenvalue weighted by atomic mass is 9.87. The summed E-state index contributed by atoms with van der Waals surface area (Å²) in [6, 6.07) is 0.614. The van der Waals surface area contributed by atoms with Crippen LogP contribution in [0.4, 0.5) is 0 Å². The molecule has 3 nitrogen and oxygen atoms in total. The summed E-state index contributed by atoms with van der Waals surface area (Å²) in [6.45, 7) is 5.68. The molecule has 2 rings (SSSR count). The van der Waals surface area contributed by atoms with Crippen LogP contribution in [0.1, 0.15) is 39.5 Å². The lowest BCUT2D eigenvalue weighted by molar-refractivity contribution is 0.315. The van der Waals surface area contributed by atoms with Gasteiger partial charge in [-0.15, -0.1) is 0 Å². The van der Waals surface area contributed by atoms with E-state index in [-0.39, 0.29) is 0 Å². The average Bonchev–Trinajstić information content (AvgIpc) is 2.81. The van der Waals surface area contributed by atoms with Crippen molar-refractivity contribution in [2.75, 3.05) is 6.54 Å². The van der Waals surface area contributed by atoms with Crippen LogP contribution in [0.5, 0.6) is 0 Å². The first-order valence-corrected chi connectivity index (χ1v) is 7.47. The Hall–Kier alpha value is -0.480. The molecule has 0 bridgehead atoms. The molecule has 0 aromatic carbocycles. The van der Waals surface area contributed by atoms with Gasteiger partial charge in [0, 0.05) is 11.3 Å². The highest BCUT2D eigenvalue weighted by Crippen LogP contribution is 2.35. The Balaban J connectivity index is 1.93. The number of hydrogen-bond acceptors (Lipinski definition) is 4. The average molecular weight is 254 g/mol. The summed E-state index contributed by atoms with van der Waals surface area (Å²) in [5, 5.41) is 5.08. The zero-order valence-electron chi connectivity index (χ0n) is 10.7. The third-order valence-corrected chi connectivity index (χ3v) is 4.60. The number of hydrogen-bond donors (Lipinski definition) is 1. The van der Waals surface area contributed by atoms with E-state index >= 15 is 0 Å². The molecule has 0 spiro atoms. The standard InChI is InChI=1S/C13H22N2OS/c1-3-6-14-11-5-4-10(2)9-12(11)17-13-15-7-8-16-13/h7-8,10-12,14H,3-6,9H2,1-2H3. The number of aromatic nitrogens is 1. The Kier molecular flexibility index (Phi) is 4.92. The van der Waals surface area contributed by atoms with Gasteiger partial charge in [0.15, 0.2) is 0 Å². The van der Waals surface area contributed by atoms with Crippen molar-refractivity contribution < 1.29 is 4.42 Å². The highest BCUT2D eigenvalue weighted by Gasteiger charge is 2.29. The van der Waals surface area contributed by atoms with Crippen LogP contribution >= 0.6 is 11.8 Å². The van der Waals surface area contributed by atoms with Crippen molar-refractivity contribution in [2.45, 2.75) is 56.0 Å². The van der Waals surface area contributed by atoms with Crippen LogP contribution in [0, 0.1) is 5.92 Å². The third-order valence-electron chi connectivity index (χ3n) is 3.37. The number of rotatable bonds is 5. The zero-order chi connectivity index (χ0) is 12.1. The number of nitrogens with zero attached hydrogens (tertiary/aromatic N) is 1. The molecule has 17 heavy (non-hydrogen) atoms. The van der Waals surface area contributed by atoms with E-state index < -0.39 is 0 Å². The normalized spacial score (nSPS) is 29.4. The first-order chi connectivity index (χ1) is 8.29. The molecule has 1 fully saturated rings. The van der Waals surface area contributed by atoms with Crippen molar-refractivity contribution in [1.82, 2.24) is 10.3 Å². The van der Waals surface area contributed by atoms with E-state index in [0.29, 0.717) is 11.3 Å². The Morgan fingerprint density at radius 1 is 1.53 bits per heavy atom. The second kappa shape index (κ2) is 6.45. The quantitative estimate of drug-likeness (QED) is 0.874. The Morgan fingerprint density at radius 3 is 3.12 bits per heavy atom. The Morgan fingerprint density at radius 2 is 2.41 bits per heavy atom. The van der Waals surface area contributed by atoms with Crippen molar-refractivity contribution in [3.63, 3.8) is 0 Å². The smallest absolute Gasteiger partial charge is 0.255 e. The van der Waals surface area contributed by atoms with E-state index in [0.717, 1.165) is 17.7 Å². The molecular formula is C13H22N2OS. The first kappa shape index (κ1) is 13.0. The monoisotopic (exact) mass is 254 g/mol. The van der Waals surface area contributed by atoms with Gasteiger partial charge >= 0.3 is 0 Å². The molecule has 4 heteroatoms. The lowest BCUT2D eigenvalue weighted by Gasteiger charge is -2.34. The van der Waals surface area contributed by atoms with Crippen LogP contribution < -0.4 is 5.32 Å². The van der Waals surface area contributed by atoms with Gasteiger partial charge < -0.3 is 9.73 Å². The minimum absolute atomic E-state index is 0.601. The van der Waals surface area contributed by atoms with Crippen LogP contribution in [-0.2, 0) is 0 Å². The van der Waals surface area contributed by atoms with Crippen molar-refractivity contribution >= 4 is 11.8 Å². The molecule has 1 N–H and O–H groups in total. The Bertz CT molecular complexity index is 313. The zero-order valence-corrected chi connectivity index (χ0v) is 11.5. The second-order valence-corrected chi connectivity index (χ2v) is 6.12. The maximum Gasteiger partial charge on any atom is 0.255 e. The maximum absolute atomic E-state index is 5.35. The van der Waals surface area contributed by atoms with Gasteiger partial charge in [-0.3, -0.25) is 0 Å². The SMILES string of the molecule is CCCNC1CCC(C)CC1Sc1ncco1. The van der Waals surface area contributed by atoms with Gasteiger partial charge in [0.2, 0.25) is 0 Å². The molecule has 1 aromatic rings. The summed E-state index contributed by atoms with van der Waals surface area (Å²) in [5.74, 6) is 0.821. The highest BCUT2D eigenvalue weighted by molar-refractivity contribution is 7.99. The van der Waals surface area contributed by atoms with E-state index in [1.165, 1.54) is 25.7 Å². The van der Waals surface area contributed by atoms with E-state index in [9.17, 15) is 0 Å². The molecule has 1 aromatic heterocycles. The molecular weight excluding hydrogens is 232 g/mol. The second-order valence-electron chi connectivity index (χ2n) is 4.93. The van der Waals surface area contributed by atoms with Crippen LogP contribution in [0.2, 0.25) is 0 Å². The fraction of sp³-hybridized carbons (Fsp3) is 0.769. The summed E-state index contributed by atoms with van der Waals surface area (Å²) in [5.41, 5.74) is 0. The highest BCUT2D eigenvalue weighted by atomic mass is 32.2. The lowest BCUT2D eigenvalue weighted by Crippen LogP contribution is -2.42. The first-order valence-electron chi connectivity index (χ1n) is 6.59. The van der Waals surface area contributed by atoms with Gasteiger partial charge in [-0.25, -0.2) is 4.98 Å². The summed E-state index contributed by atoms with van der Waals surface area (Å²) in [4.78, 5) is 4.22. The van der Waals surface area contributed by atoms with Crippen molar-refractivity contribution in [3.8, 4) is 0 Å². The van der Waals surface area contributed by atoms with Gasteiger partial charge in [0.05, 0.1) is 6.20 Å². The molecule has 96 valence electrons. The van der Waals surface area contributed by atoms with Gasteiger partial charge in [-0.05, 0) is 38.1 Å². The summed E-state index contributed by atoms with van der Waals surface area (Å²) in [6.07, 6.45) is 8.45. The number of thioether (sulfide) groups is 1. The summed E-state index contributed by atoms with van der Waals surface area (Å²) < 4.78 is 5.35. The minimum Gasteiger partial charge on any atom is -0.440 e. The minimum atomic E-state index is 0.601. The molecule has 0 saturated heterocycles. The van der Waals surface area contributed by atoms with E-state index in [2.05, 4.69) is 24.1 Å². The van der Waals surface area contributed by atoms with Crippen molar-refractivity contribution in [1.29, 1.82) is 0 Å². The van der Waals surface area contributed by atoms with E-state index in [4.69, 9.17) is 4.42 Å². The van der Waals surface area contributed by atoms with Crippen LogP contribution in [0.25, 0.3) is 0 Å². The molecule has 1 aliphatic rings. The van der Waals surface area contributed by atoms with Crippen LogP contribution in [-0.4, -0.2) is 22.8 Å². The molecule has 0 amide bonds. The van der Waals surface area contributed by atoms with Gasteiger partial charge in [-0.2, -0.15) is 0 Å². The fourth-order valence-corrected chi connectivity index (χ4v) is 3.73. The molecule has 3 unspecified atom stereocenters. The predicted octanol–water partition coefficient (Wildman–Crippen LogP) is 3.32. The molecule has 1 aliphatic carbocycles. The van der Waals surface area contributed by atoms with Crippen molar-refractivity contribution in [3.05, 3.63) is 12.5 Å². The van der Waals surface area contributed by atoms with E-state index in [1.807, 2.05) is 0 Å². The van der Waals surface area contributed by atoms with E-state index in [1.54, 1.807) is 24.2 Å². The maximum atomic E-state index is 5.35. The topological polar surface area (TPSA) is 38.1 Å². The summed E-state index contributed by atoms with van der Waals surface area (Å²) >= 11 is 1.79. The molecule has 0 aliphatic heterocycles. The number of nitrogens with one attached hydrogen (secondary N) is 1. The molecule has 1 saturated carbocycles. The molecule has 3 atom stereocenters. The van der Waals surface area contributed by atoms with Crippen LogP contribution in [0.15, 0.2) is 22.1 Å². The summed E-state index contributed by atoms with van der Waals surface area (Å²) in [7, 11) is 0. The third kappa shape index (κ3) is 3.75. The van der Waals surface area contributed by atoms with Crippen molar-refractivity contribution in [2.24, 2.45) is 5.92 Å². The molecule has 0 radical (unpaired) electrons. The fourth-order valence-electron chi connectivity index (χ4n) is 2.42. The van der Waals surface area contributed by atoms with Crippen LogP contribution in [0.3, 0.4) is 0 Å². The Labute approximate surface area is 108 Å².